The van der Waals surface area contributed by atoms with Crippen molar-refractivity contribution in [2.24, 2.45) is 0 Å². The van der Waals surface area contributed by atoms with Gasteiger partial charge in [0.1, 0.15) is 5.76 Å². The first-order valence-electron chi connectivity index (χ1n) is 3.47. The van der Waals surface area contributed by atoms with Crippen molar-refractivity contribution in [1.29, 1.82) is 0 Å². The van der Waals surface area contributed by atoms with E-state index in [2.05, 4.69) is 0 Å². The SMILES string of the molecule is O=C(C=C(O)c1cccs1)C(F)(F)F. The van der Waals surface area contributed by atoms with Crippen molar-refractivity contribution >= 4 is 22.9 Å². The summed E-state index contributed by atoms with van der Waals surface area (Å²) in [4.78, 5) is 10.6. The second-order valence-corrected chi connectivity index (χ2v) is 3.32. The maximum Gasteiger partial charge on any atom is 0.454 e. The van der Waals surface area contributed by atoms with E-state index in [1.165, 1.54) is 6.07 Å². The Labute approximate surface area is 81.3 Å². The van der Waals surface area contributed by atoms with E-state index >= 15 is 0 Å². The lowest BCUT2D eigenvalue weighted by Gasteiger charge is -2.00. The van der Waals surface area contributed by atoms with Crippen LogP contribution in [0.4, 0.5) is 13.2 Å². The number of hydrogen-bond donors (Lipinski definition) is 1. The average Bonchev–Trinajstić information content (AvgIpc) is 2.53. The monoisotopic (exact) mass is 222 g/mol. The van der Waals surface area contributed by atoms with E-state index in [0.29, 0.717) is 0 Å². The van der Waals surface area contributed by atoms with E-state index in [-0.39, 0.29) is 11.0 Å². The highest BCUT2D eigenvalue weighted by Gasteiger charge is 2.37. The first-order valence-corrected chi connectivity index (χ1v) is 4.35. The Morgan fingerprint density at radius 2 is 2.14 bits per heavy atom. The second kappa shape index (κ2) is 3.83. The minimum atomic E-state index is -4.94. The van der Waals surface area contributed by atoms with E-state index in [9.17, 15) is 18.0 Å². The van der Waals surface area contributed by atoms with E-state index in [1.54, 1.807) is 11.4 Å². The van der Waals surface area contributed by atoms with Crippen LogP contribution < -0.4 is 0 Å². The third-order valence-corrected chi connectivity index (χ3v) is 2.21. The minimum absolute atomic E-state index is 0.172. The molecule has 76 valence electrons. The predicted octanol–water partition coefficient (Wildman–Crippen LogP) is 2.78. The third kappa shape index (κ3) is 2.59. The second-order valence-electron chi connectivity index (χ2n) is 2.37. The zero-order valence-electron chi connectivity index (χ0n) is 6.71. The van der Waals surface area contributed by atoms with Crippen LogP contribution in [0.3, 0.4) is 0 Å². The third-order valence-electron chi connectivity index (χ3n) is 1.32. The lowest BCUT2D eigenvalue weighted by atomic mass is 10.3. The van der Waals surface area contributed by atoms with Gasteiger partial charge in [-0.05, 0) is 11.4 Å². The zero-order valence-corrected chi connectivity index (χ0v) is 7.52. The zero-order chi connectivity index (χ0) is 10.8. The van der Waals surface area contributed by atoms with Crippen LogP contribution in [0.15, 0.2) is 23.6 Å². The number of aliphatic hydroxyl groups excluding tert-OH is 1. The molecule has 0 spiro atoms. The fourth-order valence-corrected chi connectivity index (χ4v) is 1.34. The van der Waals surface area contributed by atoms with Crippen molar-refractivity contribution in [2.75, 3.05) is 0 Å². The molecule has 6 heteroatoms. The maximum atomic E-state index is 11.7. The molecule has 0 bridgehead atoms. The van der Waals surface area contributed by atoms with Gasteiger partial charge in [0.2, 0.25) is 0 Å². The van der Waals surface area contributed by atoms with Gasteiger partial charge in [0.15, 0.2) is 0 Å². The van der Waals surface area contributed by atoms with Crippen molar-refractivity contribution in [3.05, 3.63) is 28.5 Å². The lowest BCUT2D eigenvalue weighted by Crippen LogP contribution is -2.20. The molecule has 2 nitrogen and oxygen atoms in total. The molecule has 0 aliphatic heterocycles. The van der Waals surface area contributed by atoms with E-state index < -0.39 is 17.7 Å². The first kappa shape index (κ1) is 10.8. The van der Waals surface area contributed by atoms with E-state index in [1.807, 2.05) is 0 Å². The molecular weight excluding hydrogens is 217 g/mol. The summed E-state index contributed by atoms with van der Waals surface area (Å²) in [7, 11) is 0. The normalized spacial score (nSPS) is 12.9. The van der Waals surface area contributed by atoms with Gasteiger partial charge < -0.3 is 5.11 Å². The van der Waals surface area contributed by atoms with Gasteiger partial charge in [-0.2, -0.15) is 13.2 Å². The van der Waals surface area contributed by atoms with Crippen LogP contribution in [-0.4, -0.2) is 17.1 Å². The number of allylic oxidation sites excluding steroid dienone is 1. The van der Waals surface area contributed by atoms with Gasteiger partial charge in [-0.15, -0.1) is 11.3 Å². The highest BCUT2D eigenvalue weighted by molar-refractivity contribution is 7.11. The molecule has 1 N–H and O–H groups in total. The molecule has 0 atom stereocenters. The lowest BCUT2D eigenvalue weighted by molar-refractivity contribution is -0.165. The van der Waals surface area contributed by atoms with E-state index in [4.69, 9.17) is 5.11 Å². The summed E-state index contributed by atoms with van der Waals surface area (Å²) in [6.07, 6.45) is -4.77. The highest BCUT2D eigenvalue weighted by atomic mass is 32.1. The topological polar surface area (TPSA) is 37.3 Å². The molecule has 0 radical (unpaired) electrons. The summed E-state index contributed by atoms with van der Waals surface area (Å²) in [5, 5.41) is 10.7. The molecule has 1 heterocycles. The average molecular weight is 222 g/mol. The van der Waals surface area contributed by atoms with Crippen molar-refractivity contribution < 1.29 is 23.1 Å². The molecule has 1 aromatic rings. The van der Waals surface area contributed by atoms with Crippen LogP contribution >= 0.6 is 11.3 Å². The Balaban J connectivity index is 2.85. The fraction of sp³-hybridized carbons (Fsp3) is 0.125. The van der Waals surface area contributed by atoms with Gasteiger partial charge in [-0.25, -0.2) is 0 Å². The minimum Gasteiger partial charge on any atom is -0.506 e. The van der Waals surface area contributed by atoms with Gasteiger partial charge in [0, 0.05) is 6.08 Å². The highest BCUT2D eigenvalue weighted by Crippen LogP contribution is 2.21. The maximum absolute atomic E-state index is 11.7. The fourth-order valence-electron chi connectivity index (χ4n) is 0.701. The van der Waals surface area contributed by atoms with Gasteiger partial charge in [0.25, 0.3) is 5.78 Å². The van der Waals surface area contributed by atoms with Crippen molar-refractivity contribution in [2.45, 2.75) is 6.18 Å². The number of alkyl halides is 3. The smallest absolute Gasteiger partial charge is 0.454 e. The number of rotatable bonds is 2. The molecule has 0 unspecified atom stereocenters. The number of ketones is 1. The first-order chi connectivity index (χ1) is 6.41. The van der Waals surface area contributed by atoms with Crippen LogP contribution in [0.5, 0.6) is 0 Å². The van der Waals surface area contributed by atoms with Crippen LogP contribution in [0.1, 0.15) is 4.88 Å². The van der Waals surface area contributed by atoms with Crippen molar-refractivity contribution in [3.8, 4) is 0 Å². The molecule has 1 aromatic heterocycles. The quantitative estimate of drug-likeness (QED) is 0.617. The van der Waals surface area contributed by atoms with Gasteiger partial charge in [-0.3, -0.25) is 4.79 Å². The molecule has 0 aliphatic carbocycles. The molecule has 14 heavy (non-hydrogen) atoms. The summed E-state index contributed by atoms with van der Waals surface area (Å²) in [5.41, 5.74) is 0. The molecule has 0 aromatic carbocycles. The Morgan fingerprint density at radius 1 is 1.50 bits per heavy atom. The predicted molar refractivity (Wildman–Crippen MR) is 46.0 cm³/mol. The number of hydrogen-bond acceptors (Lipinski definition) is 3. The summed E-state index contributed by atoms with van der Waals surface area (Å²) in [6.45, 7) is 0. The summed E-state index contributed by atoms with van der Waals surface area (Å²) >= 11 is 1.05. The van der Waals surface area contributed by atoms with Crippen molar-refractivity contribution in [3.63, 3.8) is 0 Å². The molecule has 0 saturated heterocycles. The largest absolute Gasteiger partial charge is 0.506 e. The summed E-state index contributed by atoms with van der Waals surface area (Å²) in [5.74, 6) is -2.73. The molecule has 0 saturated carbocycles. The molecule has 0 amide bonds. The number of aliphatic hydroxyl groups is 1. The van der Waals surface area contributed by atoms with Crippen LogP contribution in [0.2, 0.25) is 0 Å². The van der Waals surface area contributed by atoms with Gasteiger partial charge >= 0.3 is 6.18 Å². The number of carbonyl (C=O) groups excluding carboxylic acids is 1. The van der Waals surface area contributed by atoms with Crippen LogP contribution in [-0.2, 0) is 4.79 Å². The van der Waals surface area contributed by atoms with Crippen LogP contribution in [0, 0.1) is 0 Å². The van der Waals surface area contributed by atoms with Crippen LogP contribution in [0.25, 0.3) is 5.76 Å². The summed E-state index contributed by atoms with van der Waals surface area (Å²) in [6, 6.07) is 2.97. The van der Waals surface area contributed by atoms with Crippen molar-refractivity contribution in [1.82, 2.24) is 0 Å². The Bertz CT molecular complexity index is 351. The van der Waals surface area contributed by atoms with Gasteiger partial charge in [0.05, 0.1) is 4.88 Å². The number of carbonyl (C=O) groups is 1. The Kier molecular flexibility index (Phi) is 2.95. The summed E-state index contributed by atoms with van der Waals surface area (Å²) < 4.78 is 35.2. The molecule has 0 fully saturated rings. The number of thiophene rings is 1. The molecule has 1 rings (SSSR count). The molecule has 0 aliphatic rings. The standard InChI is InChI=1S/C8H5F3O2S/c9-8(10,11)7(13)4-5(12)6-2-1-3-14-6/h1-4,12H. The van der Waals surface area contributed by atoms with Gasteiger partial charge in [-0.1, -0.05) is 6.07 Å². The Hall–Kier alpha value is -1.30. The Morgan fingerprint density at radius 3 is 2.57 bits per heavy atom. The number of halogens is 3. The van der Waals surface area contributed by atoms with E-state index in [0.717, 1.165) is 11.3 Å². The molecular formula is C8H5F3O2S.